The van der Waals surface area contributed by atoms with Crippen LogP contribution in [0.4, 0.5) is 4.79 Å². The summed E-state index contributed by atoms with van der Waals surface area (Å²) in [5.74, 6) is 0. The van der Waals surface area contributed by atoms with Crippen LogP contribution in [-0.4, -0.2) is 29.2 Å². The molecule has 5 heteroatoms. The van der Waals surface area contributed by atoms with Crippen molar-refractivity contribution in [1.82, 2.24) is 5.32 Å². The zero-order valence-electron chi connectivity index (χ0n) is 11.3. The number of aliphatic hydroxyl groups excluding tert-OH is 1. The Morgan fingerprint density at radius 2 is 1.89 bits per heavy atom. The molecule has 0 saturated heterocycles. The highest BCUT2D eigenvalue weighted by atomic mass is 16.6. The topological polar surface area (TPSA) is 75.6 Å². The molecule has 1 amide bonds. The van der Waals surface area contributed by atoms with Crippen molar-refractivity contribution in [3.05, 3.63) is 35.9 Å². The maximum Gasteiger partial charge on any atom is 0.408 e. The van der Waals surface area contributed by atoms with E-state index in [-0.39, 0.29) is 0 Å². The number of carbonyl (C=O) groups excluding carboxylic acids is 2. The van der Waals surface area contributed by atoms with Crippen LogP contribution < -0.4 is 5.32 Å². The van der Waals surface area contributed by atoms with Crippen LogP contribution >= 0.6 is 0 Å². The number of aldehydes is 1. The number of carbonyl (C=O) groups is 2. The molecule has 0 unspecified atom stereocenters. The number of hydrogen-bond acceptors (Lipinski definition) is 4. The van der Waals surface area contributed by atoms with E-state index in [1.807, 2.05) is 0 Å². The molecular weight excluding hydrogens is 246 g/mol. The van der Waals surface area contributed by atoms with E-state index in [1.165, 1.54) is 0 Å². The minimum absolute atomic E-state index is 0.384. The normalized spacial score (nSPS) is 14.3. The first-order valence-electron chi connectivity index (χ1n) is 6.01. The first-order chi connectivity index (χ1) is 8.83. The molecule has 0 radical (unpaired) electrons. The third-order valence-electron chi connectivity index (χ3n) is 2.31. The van der Waals surface area contributed by atoms with Gasteiger partial charge in [-0.2, -0.15) is 0 Å². The first kappa shape index (κ1) is 15.2. The first-order valence-corrected chi connectivity index (χ1v) is 6.01. The minimum Gasteiger partial charge on any atom is -0.444 e. The molecule has 104 valence electrons. The van der Waals surface area contributed by atoms with Gasteiger partial charge in [0.05, 0.1) is 6.04 Å². The minimum atomic E-state index is -1.32. The van der Waals surface area contributed by atoms with E-state index in [1.54, 1.807) is 51.1 Å². The summed E-state index contributed by atoms with van der Waals surface area (Å²) in [4.78, 5) is 22.4. The lowest BCUT2D eigenvalue weighted by Gasteiger charge is -2.25. The number of rotatable bonds is 4. The van der Waals surface area contributed by atoms with Crippen molar-refractivity contribution in [2.45, 2.75) is 38.5 Å². The molecule has 2 N–H and O–H groups in total. The van der Waals surface area contributed by atoms with Gasteiger partial charge in [0, 0.05) is 0 Å². The number of amides is 1. The van der Waals surface area contributed by atoms with Gasteiger partial charge in [-0.1, -0.05) is 30.3 Å². The van der Waals surface area contributed by atoms with Crippen molar-refractivity contribution in [1.29, 1.82) is 0 Å². The number of ether oxygens (including phenoxy) is 1. The van der Waals surface area contributed by atoms with Gasteiger partial charge in [0.15, 0.2) is 6.29 Å². The monoisotopic (exact) mass is 265 g/mol. The van der Waals surface area contributed by atoms with Crippen LogP contribution in [0.25, 0.3) is 0 Å². The lowest BCUT2D eigenvalue weighted by atomic mass is 10.0. The summed E-state index contributed by atoms with van der Waals surface area (Å²) < 4.78 is 5.11. The number of alkyl carbamates (subject to hydrolysis) is 1. The van der Waals surface area contributed by atoms with Crippen LogP contribution in [0.5, 0.6) is 0 Å². The summed E-state index contributed by atoms with van der Waals surface area (Å²) in [7, 11) is 0. The Morgan fingerprint density at radius 1 is 1.32 bits per heavy atom. The van der Waals surface area contributed by atoms with E-state index < -0.39 is 23.8 Å². The molecule has 0 aliphatic heterocycles. The van der Waals surface area contributed by atoms with Gasteiger partial charge < -0.3 is 20.0 Å². The van der Waals surface area contributed by atoms with E-state index in [0.29, 0.717) is 11.8 Å². The molecule has 0 fully saturated rings. The van der Waals surface area contributed by atoms with E-state index in [0.717, 1.165) is 0 Å². The number of benzene rings is 1. The van der Waals surface area contributed by atoms with Crippen LogP contribution in [0.1, 0.15) is 32.4 Å². The van der Waals surface area contributed by atoms with Gasteiger partial charge in [0.25, 0.3) is 0 Å². The summed E-state index contributed by atoms with van der Waals surface area (Å²) in [6, 6.07) is 7.94. The Hall–Kier alpha value is -1.88. The van der Waals surface area contributed by atoms with Gasteiger partial charge in [0.2, 0.25) is 0 Å². The Morgan fingerprint density at radius 3 is 2.37 bits per heavy atom. The van der Waals surface area contributed by atoms with Crippen LogP contribution in [-0.2, 0) is 9.53 Å². The summed E-state index contributed by atoms with van der Waals surface area (Å²) >= 11 is 0. The van der Waals surface area contributed by atoms with Crippen LogP contribution in [0.2, 0.25) is 0 Å². The third-order valence-corrected chi connectivity index (χ3v) is 2.31. The number of aliphatic hydroxyl groups is 1. The van der Waals surface area contributed by atoms with Crippen LogP contribution in [0.15, 0.2) is 30.3 Å². The molecule has 0 saturated carbocycles. The highest BCUT2D eigenvalue weighted by Gasteiger charge is 2.25. The molecule has 0 bridgehead atoms. The van der Waals surface area contributed by atoms with Gasteiger partial charge in [-0.3, -0.25) is 0 Å². The number of hydrogen-bond donors (Lipinski definition) is 2. The largest absolute Gasteiger partial charge is 0.444 e. The SMILES string of the molecule is CC(C)(C)OC(=O)N[C@H](c1ccccc1)[C@@H](O)C=O. The van der Waals surface area contributed by atoms with Crippen molar-refractivity contribution < 1.29 is 19.4 Å². The molecule has 1 aromatic rings. The van der Waals surface area contributed by atoms with Gasteiger partial charge in [0.1, 0.15) is 11.7 Å². The Bertz CT molecular complexity index is 425. The molecule has 1 aromatic carbocycles. The molecule has 0 heterocycles. The predicted molar refractivity (Wildman–Crippen MR) is 70.6 cm³/mol. The van der Waals surface area contributed by atoms with Crippen LogP contribution in [0.3, 0.4) is 0 Å². The molecule has 0 aromatic heterocycles. The summed E-state index contributed by atoms with van der Waals surface area (Å²) in [5.41, 5.74) is -0.00905. The standard InChI is InChI=1S/C14H19NO4/c1-14(2,3)19-13(18)15-12(11(17)9-16)10-7-5-4-6-8-10/h4-9,11-12,17H,1-3H3,(H,15,18)/t11-,12+/m0/s1. The van der Waals surface area contributed by atoms with E-state index in [4.69, 9.17) is 4.74 Å². The highest BCUT2D eigenvalue weighted by Crippen LogP contribution is 2.17. The van der Waals surface area contributed by atoms with Gasteiger partial charge in [-0.05, 0) is 26.3 Å². The van der Waals surface area contributed by atoms with Crippen molar-refractivity contribution in [2.24, 2.45) is 0 Å². The molecule has 0 aliphatic rings. The third kappa shape index (κ3) is 5.09. The molecular formula is C14H19NO4. The predicted octanol–water partition coefficient (Wildman–Crippen LogP) is 1.81. The molecule has 1 rings (SSSR count). The molecule has 0 spiro atoms. The fraction of sp³-hybridized carbons (Fsp3) is 0.429. The Labute approximate surface area is 112 Å². The quantitative estimate of drug-likeness (QED) is 0.814. The smallest absolute Gasteiger partial charge is 0.408 e. The molecule has 0 aliphatic carbocycles. The zero-order chi connectivity index (χ0) is 14.5. The Kier molecular flexibility index (Phi) is 5.06. The second-order valence-corrected chi connectivity index (χ2v) is 5.16. The van der Waals surface area contributed by atoms with Crippen molar-refractivity contribution in [3.8, 4) is 0 Å². The average Bonchev–Trinajstić information content (AvgIpc) is 2.34. The highest BCUT2D eigenvalue weighted by molar-refractivity contribution is 5.70. The van der Waals surface area contributed by atoms with Gasteiger partial charge in [-0.25, -0.2) is 4.79 Å². The van der Waals surface area contributed by atoms with Crippen LogP contribution in [0, 0.1) is 0 Å². The van der Waals surface area contributed by atoms with Crippen molar-refractivity contribution >= 4 is 12.4 Å². The lowest BCUT2D eigenvalue weighted by molar-refractivity contribution is -0.116. The Balaban J connectivity index is 2.82. The molecule has 19 heavy (non-hydrogen) atoms. The number of nitrogens with one attached hydrogen (secondary N) is 1. The van der Waals surface area contributed by atoms with E-state index in [9.17, 15) is 14.7 Å². The lowest BCUT2D eigenvalue weighted by Crippen LogP contribution is -2.40. The van der Waals surface area contributed by atoms with E-state index >= 15 is 0 Å². The second-order valence-electron chi connectivity index (χ2n) is 5.16. The summed E-state index contributed by atoms with van der Waals surface area (Å²) in [6.45, 7) is 5.21. The molecule has 5 nitrogen and oxygen atoms in total. The summed E-state index contributed by atoms with van der Waals surface area (Å²) in [5, 5.41) is 12.2. The second kappa shape index (κ2) is 6.33. The van der Waals surface area contributed by atoms with Gasteiger partial charge in [-0.15, -0.1) is 0 Å². The fourth-order valence-electron chi connectivity index (χ4n) is 1.54. The maximum absolute atomic E-state index is 11.7. The average molecular weight is 265 g/mol. The van der Waals surface area contributed by atoms with Gasteiger partial charge >= 0.3 is 6.09 Å². The molecule has 2 atom stereocenters. The summed E-state index contributed by atoms with van der Waals surface area (Å²) in [6.07, 6.45) is -1.62. The van der Waals surface area contributed by atoms with Crippen molar-refractivity contribution in [3.63, 3.8) is 0 Å². The van der Waals surface area contributed by atoms with E-state index in [2.05, 4.69) is 5.32 Å². The maximum atomic E-state index is 11.7. The van der Waals surface area contributed by atoms with Crippen molar-refractivity contribution in [2.75, 3.05) is 0 Å². The zero-order valence-corrected chi connectivity index (χ0v) is 11.3. The fourth-order valence-corrected chi connectivity index (χ4v) is 1.54.